The maximum Gasteiger partial charge on any atom is 0.0716 e. The van der Waals surface area contributed by atoms with Crippen LogP contribution in [0.2, 0.25) is 0 Å². The summed E-state index contributed by atoms with van der Waals surface area (Å²) in [6.07, 6.45) is 15.0. The van der Waals surface area contributed by atoms with E-state index in [4.69, 9.17) is 4.74 Å². The zero-order chi connectivity index (χ0) is 16.3. The molecule has 0 N–H and O–H groups in total. The molecule has 1 aromatic rings. The van der Waals surface area contributed by atoms with Gasteiger partial charge in [-0.3, -0.25) is 0 Å². The first-order valence-electron chi connectivity index (χ1n) is 9.65. The van der Waals surface area contributed by atoms with E-state index in [1.54, 1.807) is 0 Å². The fourth-order valence-electron chi connectivity index (χ4n) is 3.51. The molecule has 1 heteroatoms. The highest BCUT2D eigenvalue weighted by Gasteiger charge is 2.21. The first kappa shape index (κ1) is 18.3. The van der Waals surface area contributed by atoms with E-state index < -0.39 is 0 Å². The summed E-state index contributed by atoms with van der Waals surface area (Å²) in [5.41, 5.74) is 2.84. The molecule has 1 aliphatic carbocycles. The Hall–Kier alpha value is -1.08. The van der Waals surface area contributed by atoms with Crippen LogP contribution in [0.1, 0.15) is 82.3 Å². The number of benzene rings is 1. The maximum absolute atomic E-state index is 5.70. The van der Waals surface area contributed by atoms with E-state index in [1.165, 1.54) is 56.1 Å². The van der Waals surface area contributed by atoms with Gasteiger partial charge in [-0.2, -0.15) is 0 Å². The van der Waals surface area contributed by atoms with Gasteiger partial charge in [-0.05, 0) is 67.9 Å². The summed E-state index contributed by atoms with van der Waals surface area (Å²) in [5, 5.41) is 0. The lowest BCUT2D eigenvalue weighted by Crippen LogP contribution is -2.12. The topological polar surface area (TPSA) is 9.23 Å². The van der Waals surface area contributed by atoms with Crippen molar-refractivity contribution in [3.8, 4) is 0 Å². The monoisotopic (exact) mass is 314 g/mol. The van der Waals surface area contributed by atoms with Crippen molar-refractivity contribution < 1.29 is 4.74 Å². The average Bonchev–Trinajstić information content (AvgIpc) is 2.60. The minimum atomic E-state index is 0.761. The molecule has 23 heavy (non-hydrogen) atoms. The second-order valence-corrected chi connectivity index (χ2v) is 6.98. The Bertz CT molecular complexity index is 438. The molecule has 1 aliphatic rings. The second kappa shape index (κ2) is 10.6. The predicted molar refractivity (Wildman–Crippen MR) is 99.8 cm³/mol. The average molecular weight is 315 g/mol. The van der Waals surface area contributed by atoms with Crippen LogP contribution in [0.3, 0.4) is 0 Å². The highest BCUT2D eigenvalue weighted by Crippen LogP contribution is 2.37. The Morgan fingerprint density at radius 3 is 2.39 bits per heavy atom. The standard InChI is InChI=1S/C22H34O/c1-3-5-7-8-19-9-13-21(14-10-19)22-15-11-20(12-16-22)18-23-17-6-4-2/h5,7,11-12,15-16,19,21H,3-4,6,8-10,13-14,17-18H2,1-2H3/t19-,21-. The highest BCUT2D eigenvalue weighted by atomic mass is 16.5. The van der Waals surface area contributed by atoms with E-state index >= 15 is 0 Å². The summed E-state index contributed by atoms with van der Waals surface area (Å²) in [6.45, 7) is 6.06. The van der Waals surface area contributed by atoms with Gasteiger partial charge in [0, 0.05) is 6.61 Å². The minimum absolute atomic E-state index is 0.761. The molecular weight excluding hydrogens is 280 g/mol. The van der Waals surface area contributed by atoms with Gasteiger partial charge in [0.1, 0.15) is 0 Å². The largest absolute Gasteiger partial charge is 0.377 e. The van der Waals surface area contributed by atoms with Crippen LogP contribution in [0.5, 0.6) is 0 Å². The normalized spacial score (nSPS) is 21.8. The molecule has 1 saturated carbocycles. The molecule has 0 unspecified atom stereocenters. The fraction of sp³-hybridized carbons (Fsp3) is 0.636. The van der Waals surface area contributed by atoms with E-state index in [1.807, 2.05) is 0 Å². The number of ether oxygens (including phenoxy) is 1. The molecule has 128 valence electrons. The van der Waals surface area contributed by atoms with Crippen LogP contribution in [-0.4, -0.2) is 6.61 Å². The van der Waals surface area contributed by atoms with Gasteiger partial charge in [0.25, 0.3) is 0 Å². The number of rotatable bonds is 9. The molecule has 0 aromatic heterocycles. The smallest absolute Gasteiger partial charge is 0.0716 e. The van der Waals surface area contributed by atoms with Gasteiger partial charge < -0.3 is 4.74 Å². The first-order chi connectivity index (χ1) is 11.3. The SMILES string of the molecule is CCC=CC[C@H]1CC[C@H](c2ccc(COCCCC)cc2)CC1. The predicted octanol–water partition coefficient (Wildman–Crippen LogP) is 6.63. The summed E-state index contributed by atoms with van der Waals surface area (Å²) < 4.78 is 5.70. The Balaban J connectivity index is 1.74. The number of unbranched alkanes of at least 4 members (excludes halogenated alkanes) is 1. The van der Waals surface area contributed by atoms with Crippen LogP contribution in [0, 0.1) is 5.92 Å². The van der Waals surface area contributed by atoms with Crippen molar-refractivity contribution in [1.29, 1.82) is 0 Å². The molecule has 1 aromatic carbocycles. The van der Waals surface area contributed by atoms with Crippen molar-refractivity contribution in [3.05, 3.63) is 47.5 Å². The third-order valence-electron chi connectivity index (χ3n) is 5.08. The van der Waals surface area contributed by atoms with Crippen molar-refractivity contribution in [1.82, 2.24) is 0 Å². The Morgan fingerprint density at radius 1 is 1.00 bits per heavy atom. The molecule has 0 bridgehead atoms. The van der Waals surface area contributed by atoms with E-state index in [0.29, 0.717) is 0 Å². The van der Waals surface area contributed by atoms with Crippen LogP contribution >= 0.6 is 0 Å². The van der Waals surface area contributed by atoms with Crippen LogP contribution < -0.4 is 0 Å². The minimum Gasteiger partial charge on any atom is -0.377 e. The van der Waals surface area contributed by atoms with Gasteiger partial charge in [-0.15, -0.1) is 0 Å². The van der Waals surface area contributed by atoms with Crippen molar-refractivity contribution in [2.75, 3.05) is 6.61 Å². The molecule has 0 heterocycles. The van der Waals surface area contributed by atoms with Gasteiger partial charge >= 0.3 is 0 Å². The molecule has 0 spiro atoms. The molecule has 0 atom stereocenters. The number of hydrogen-bond acceptors (Lipinski definition) is 1. The van der Waals surface area contributed by atoms with Crippen LogP contribution in [-0.2, 0) is 11.3 Å². The Labute approximate surface area is 143 Å². The summed E-state index contributed by atoms with van der Waals surface area (Å²) in [4.78, 5) is 0. The molecule has 0 saturated heterocycles. The van der Waals surface area contributed by atoms with E-state index in [-0.39, 0.29) is 0 Å². The zero-order valence-electron chi connectivity index (χ0n) is 15.1. The van der Waals surface area contributed by atoms with Crippen LogP contribution in [0.15, 0.2) is 36.4 Å². The molecule has 1 nitrogen and oxygen atoms in total. The molecule has 2 rings (SSSR count). The maximum atomic E-state index is 5.70. The second-order valence-electron chi connectivity index (χ2n) is 6.98. The van der Waals surface area contributed by atoms with E-state index in [2.05, 4.69) is 50.3 Å². The van der Waals surface area contributed by atoms with Crippen LogP contribution in [0.4, 0.5) is 0 Å². The number of allylic oxidation sites excluding steroid dienone is 2. The van der Waals surface area contributed by atoms with Gasteiger partial charge in [-0.1, -0.05) is 56.7 Å². The lowest BCUT2D eigenvalue weighted by atomic mass is 9.77. The van der Waals surface area contributed by atoms with Crippen molar-refractivity contribution in [3.63, 3.8) is 0 Å². The number of hydrogen-bond donors (Lipinski definition) is 0. The third kappa shape index (κ3) is 6.51. The van der Waals surface area contributed by atoms with Crippen LogP contribution in [0.25, 0.3) is 0 Å². The summed E-state index contributed by atoms with van der Waals surface area (Å²) in [6, 6.07) is 9.19. The van der Waals surface area contributed by atoms with Crippen molar-refractivity contribution in [2.24, 2.45) is 5.92 Å². The zero-order valence-corrected chi connectivity index (χ0v) is 15.1. The van der Waals surface area contributed by atoms with Crippen molar-refractivity contribution >= 4 is 0 Å². The third-order valence-corrected chi connectivity index (χ3v) is 5.08. The molecular formula is C22H34O. The summed E-state index contributed by atoms with van der Waals surface area (Å²) in [7, 11) is 0. The lowest BCUT2D eigenvalue weighted by molar-refractivity contribution is 0.118. The quantitative estimate of drug-likeness (QED) is 0.367. The highest BCUT2D eigenvalue weighted by molar-refractivity contribution is 5.25. The summed E-state index contributed by atoms with van der Waals surface area (Å²) in [5.74, 6) is 1.69. The van der Waals surface area contributed by atoms with E-state index in [9.17, 15) is 0 Å². The van der Waals surface area contributed by atoms with Crippen molar-refractivity contribution in [2.45, 2.75) is 77.7 Å². The van der Waals surface area contributed by atoms with Gasteiger partial charge in [0.05, 0.1) is 6.61 Å². The van der Waals surface area contributed by atoms with Gasteiger partial charge in [-0.25, -0.2) is 0 Å². The van der Waals surface area contributed by atoms with Gasteiger partial charge in [0.15, 0.2) is 0 Å². The van der Waals surface area contributed by atoms with Gasteiger partial charge in [0.2, 0.25) is 0 Å². The first-order valence-corrected chi connectivity index (χ1v) is 9.65. The fourth-order valence-corrected chi connectivity index (χ4v) is 3.51. The Kier molecular flexibility index (Phi) is 8.46. The summed E-state index contributed by atoms with van der Waals surface area (Å²) >= 11 is 0. The molecule has 0 aliphatic heterocycles. The molecule has 0 radical (unpaired) electrons. The lowest BCUT2D eigenvalue weighted by Gasteiger charge is -2.28. The molecule has 0 amide bonds. The van der Waals surface area contributed by atoms with E-state index in [0.717, 1.165) is 31.5 Å². The molecule has 1 fully saturated rings. The Morgan fingerprint density at radius 2 is 1.74 bits per heavy atom.